The average Bonchev–Trinajstić information content (AvgIpc) is 2.47. The van der Waals surface area contributed by atoms with Crippen LogP contribution in [0.1, 0.15) is 5.56 Å². The van der Waals surface area contributed by atoms with Gasteiger partial charge in [-0.2, -0.15) is 0 Å². The van der Waals surface area contributed by atoms with E-state index in [0.29, 0.717) is 12.1 Å². The van der Waals surface area contributed by atoms with E-state index in [1.807, 2.05) is 30.3 Å². The van der Waals surface area contributed by atoms with Crippen LogP contribution in [0.15, 0.2) is 48.5 Å². The Bertz CT molecular complexity index is 616. The zero-order valence-corrected chi connectivity index (χ0v) is 11.6. The van der Waals surface area contributed by atoms with Crippen LogP contribution in [0.25, 0.3) is 0 Å². The van der Waals surface area contributed by atoms with Gasteiger partial charge < -0.3 is 14.7 Å². The molecule has 0 atom stereocenters. The van der Waals surface area contributed by atoms with E-state index in [4.69, 9.17) is 9.84 Å². The van der Waals surface area contributed by atoms with Gasteiger partial charge in [-0.05, 0) is 29.8 Å². The molecule has 1 N–H and O–H groups in total. The summed E-state index contributed by atoms with van der Waals surface area (Å²) in [5.74, 6) is -1.23. The van der Waals surface area contributed by atoms with Crippen LogP contribution in [0.5, 0.6) is 5.75 Å². The van der Waals surface area contributed by atoms with Crippen LogP contribution in [0.2, 0.25) is 0 Å². The Balaban J connectivity index is 2.23. The van der Waals surface area contributed by atoms with E-state index in [1.165, 1.54) is 19.2 Å². The molecule has 0 bridgehead atoms. The predicted molar refractivity (Wildman–Crippen MR) is 78.1 cm³/mol. The van der Waals surface area contributed by atoms with Crippen molar-refractivity contribution in [2.24, 2.45) is 0 Å². The molecule has 0 aliphatic rings. The smallest absolute Gasteiger partial charge is 0.323 e. The number of halogens is 1. The molecule has 21 heavy (non-hydrogen) atoms. The van der Waals surface area contributed by atoms with E-state index < -0.39 is 11.8 Å². The minimum absolute atomic E-state index is 0.155. The second-order valence-corrected chi connectivity index (χ2v) is 4.55. The Hall–Kier alpha value is -2.56. The maximum absolute atomic E-state index is 13.7. The highest BCUT2D eigenvalue weighted by atomic mass is 19.1. The van der Waals surface area contributed by atoms with Gasteiger partial charge in [0.15, 0.2) is 11.6 Å². The number of hydrogen-bond acceptors (Lipinski definition) is 3. The van der Waals surface area contributed by atoms with Gasteiger partial charge in [0.05, 0.1) is 7.11 Å². The summed E-state index contributed by atoms with van der Waals surface area (Å²) in [6, 6.07) is 13.8. The fourth-order valence-corrected chi connectivity index (χ4v) is 2.07. The first-order chi connectivity index (χ1) is 10.1. The van der Waals surface area contributed by atoms with Gasteiger partial charge in [-0.25, -0.2) is 4.39 Å². The average molecular weight is 289 g/mol. The lowest BCUT2D eigenvalue weighted by Gasteiger charge is -2.23. The maximum atomic E-state index is 13.7. The molecule has 0 heterocycles. The number of benzene rings is 2. The lowest BCUT2D eigenvalue weighted by Crippen LogP contribution is -2.29. The van der Waals surface area contributed by atoms with Crippen molar-refractivity contribution in [1.82, 2.24) is 0 Å². The maximum Gasteiger partial charge on any atom is 0.323 e. The molecular formula is C16H16FNO3. The normalized spacial score (nSPS) is 10.2. The first-order valence-corrected chi connectivity index (χ1v) is 6.44. The molecule has 0 fully saturated rings. The van der Waals surface area contributed by atoms with Gasteiger partial charge >= 0.3 is 5.97 Å². The van der Waals surface area contributed by atoms with Crippen LogP contribution >= 0.6 is 0 Å². The van der Waals surface area contributed by atoms with E-state index in [1.54, 1.807) is 11.0 Å². The molecular weight excluding hydrogens is 273 g/mol. The number of methoxy groups -OCH3 is 1. The zero-order chi connectivity index (χ0) is 15.2. The summed E-state index contributed by atoms with van der Waals surface area (Å²) in [5.41, 5.74) is 1.45. The van der Waals surface area contributed by atoms with Gasteiger partial charge in [0.2, 0.25) is 0 Å². The highest BCUT2D eigenvalue weighted by Gasteiger charge is 2.12. The van der Waals surface area contributed by atoms with Gasteiger partial charge in [0.25, 0.3) is 0 Å². The van der Waals surface area contributed by atoms with Crippen molar-refractivity contribution in [3.8, 4) is 5.75 Å². The zero-order valence-electron chi connectivity index (χ0n) is 11.6. The molecule has 2 aromatic carbocycles. The highest BCUT2D eigenvalue weighted by molar-refractivity contribution is 5.73. The molecule has 0 saturated carbocycles. The number of ether oxygens (including phenoxy) is 1. The number of carbonyl (C=O) groups is 1. The fourth-order valence-electron chi connectivity index (χ4n) is 2.07. The van der Waals surface area contributed by atoms with Crippen LogP contribution in [0.4, 0.5) is 10.1 Å². The van der Waals surface area contributed by atoms with Gasteiger partial charge in [-0.15, -0.1) is 0 Å². The highest BCUT2D eigenvalue weighted by Crippen LogP contribution is 2.21. The first-order valence-electron chi connectivity index (χ1n) is 6.44. The molecule has 110 valence electrons. The van der Waals surface area contributed by atoms with Crippen LogP contribution in [0, 0.1) is 5.82 Å². The van der Waals surface area contributed by atoms with Crippen molar-refractivity contribution in [2.75, 3.05) is 18.6 Å². The molecule has 0 aliphatic heterocycles. The number of rotatable bonds is 6. The van der Waals surface area contributed by atoms with Gasteiger partial charge in [-0.3, -0.25) is 4.79 Å². The molecule has 0 aliphatic carbocycles. The molecule has 5 heteroatoms. The number of carboxylic acids is 1. The van der Waals surface area contributed by atoms with E-state index in [0.717, 1.165) is 5.69 Å². The fraction of sp³-hybridized carbons (Fsp3) is 0.188. The summed E-state index contributed by atoms with van der Waals surface area (Å²) in [4.78, 5) is 12.7. The molecule has 0 unspecified atom stereocenters. The van der Waals surface area contributed by atoms with Gasteiger partial charge in [0, 0.05) is 12.2 Å². The van der Waals surface area contributed by atoms with Crippen molar-refractivity contribution >= 4 is 11.7 Å². The third-order valence-electron chi connectivity index (χ3n) is 3.04. The predicted octanol–water partition coefficient (Wildman–Crippen LogP) is 2.93. The van der Waals surface area contributed by atoms with Gasteiger partial charge in [-0.1, -0.05) is 24.3 Å². The number of carboxylic acid groups (broad SMARTS) is 1. The molecule has 2 aromatic rings. The Morgan fingerprint density at radius 2 is 1.95 bits per heavy atom. The Morgan fingerprint density at radius 3 is 2.52 bits per heavy atom. The second kappa shape index (κ2) is 6.74. The third-order valence-corrected chi connectivity index (χ3v) is 3.04. The number of anilines is 1. The Kier molecular flexibility index (Phi) is 4.77. The molecule has 2 rings (SSSR count). The molecule has 0 spiro atoms. The molecule has 0 radical (unpaired) electrons. The van der Waals surface area contributed by atoms with E-state index in [9.17, 15) is 9.18 Å². The lowest BCUT2D eigenvalue weighted by molar-refractivity contribution is -0.135. The minimum atomic E-state index is -0.937. The first kappa shape index (κ1) is 14.8. The summed E-state index contributed by atoms with van der Waals surface area (Å²) < 4.78 is 18.6. The Morgan fingerprint density at radius 1 is 1.24 bits per heavy atom. The van der Waals surface area contributed by atoms with Crippen molar-refractivity contribution in [2.45, 2.75) is 6.54 Å². The quantitative estimate of drug-likeness (QED) is 0.888. The van der Waals surface area contributed by atoms with Crippen molar-refractivity contribution < 1.29 is 19.0 Å². The molecule has 0 saturated heterocycles. The lowest BCUT2D eigenvalue weighted by atomic mass is 10.1. The summed E-state index contributed by atoms with van der Waals surface area (Å²) in [5, 5.41) is 9.02. The summed E-state index contributed by atoms with van der Waals surface area (Å²) in [7, 11) is 1.40. The van der Waals surface area contributed by atoms with E-state index in [-0.39, 0.29) is 12.3 Å². The van der Waals surface area contributed by atoms with Crippen molar-refractivity contribution in [3.63, 3.8) is 0 Å². The minimum Gasteiger partial charge on any atom is -0.494 e. The second-order valence-electron chi connectivity index (χ2n) is 4.55. The Labute approximate surface area is 122 Å². The van der Waals surface area contributed by atoms with Crippen molar-refractivity contribution in [3.05, 3.63) is 59.9 Å². The monoisotopic (exact) mass is 289 g/mol. The number of para-hydroxylation sites is 1. The molecule has 4 nitrogen and oxygen atoms in total. The molecule has 0 aromatic heterocycles. The summed E-state index contributed by atoms with van der Waals surface area (Å²) in [6.45, 7) is 0.148. The number of aliphatic carboxylic acids is 1. The van der Waals surface area contributed by atoms with Crippen LogP contribution in [-0.4, -0.2) is 24.7 Å². The van der Waals surface area contributed by atoms with Crippen LogP contribution in [-0.2, 0) is 11.3 Å². The topological polar surface area (TPSA) is 49.8 Å². The van der Waals surface area contributed by atoms with Gasteiger partial charge in [0.1, 0.15) is 6.54 Å². The standard InChI is InChI=1S/C16H16FNO3/c1-21-15-8-7-12(9-14(15)17)10-18(11-16(19)20)13-5-3-2-4-6-13/h2-9H,10-11H2,1H3,(H,19,20). The summed E-state index contributed by atoms with van der Waals surface area (Å²) >= 11 is 0. The largest absolute Gasteiger partial charge is 0.494 e. The molecule has 0 amide bonds. The van der Waals surface area contributed by atoms with Crippen LogP contribution in [0.3, 0.4) is 0 Å². The van der Waals surface area contributed by atoms with Crippen LogP contribution < -0.4 is 9.64 Å². The van der Waals surface area contributed by atoms with Crippen molar-refractivity contribution in [1.29, 1.82) is 0 Å². The number of hydrogen-bond donors (Lipinski definition) is 1. The van der Waals surface area contributed by atoms with E-state index >= 15 is 0 Å². The number of nitrogens with zero attached hydrogens (tertiary/aromatic N) is 1. The van der Waals surface area contributed by atoms with E-state index in [2.05, 4.69) is 0 Å². The summed E-state index contributed by atoms with van der Waals surface area (Å²) in [6.07, 6.45) is 0. The third kappa shape index (κ3) is 3.95. The SMILES string of the molecule is COc1ccc(CN(CC(=O)O)c2ccccc2)cc1F.